The van der Waals surface area contributed by atoms with Crippen molar-refractivity contribution in [1.82, 2.24) is 0 Å². The van der Waals surface area contributed by atoms with Crippen LogP contribution in [0.4, 0.5) is 0 Å². The molecule has 1 saturated heterocycles. The second kappa shape index (κ2) is 3.46. The summed E-state index contributed by atoms with van der Waals surface area (Å²) >= 11 is 0. The minimum atomic E-state index is -1.08. The maximum atomic E-state index is 9.19. The monoisotopic (exact) mass is 163 g/mol. The summed E-state index contributed by atoms with van der Waals surface area (Å²) in [5.41, 5.74) is 5.37. The SMILES string of the molecule is N[C@H]1CO[C@H](CO)[C@H](O)[C@@H]1O. The largest absolute Gasteiger partial charge is 0.394 e. The van der Waals surface area contributed by atoms with Crippen LogP contribution in [0.2, 0.25) is 0 Å². The number of hydrogen-bond donors (Lipinski definition) is 4. The summed E-state index contributed by atoms with van der Waals surface area (Å²) in [5.74, 6) is 0. The van der Waals surface area contributed by atoms with Gasteiger partial charge in [-0.25, -0.2) is 0 Å². The van der Waals surface area contributed by atoms with Gasteiger partial charge in [-0.1, -0.05) is 0 Å². The first-order valence-corrected chi connectivity index (χ1v) is 3.51. The highest BCUT2D eigenvalue weighted by Crippen LogP contribution is 2.13. The highest BCUT2D eigenvalue weighted by molar-refractivity contribution is 4.88. The van der Waals surface area contributed by atoms with Gasteiger partial charge in [-0.3, -0.25) is 0 Å². The van der Waals surface area contributed by atoms with Gasteiger partial charge in [0.1, 0.15) is 12.2 Å². The topological polar surface area (TPSA) is 95.9 Å². The van der Waals surface area contributed by atoms with Crippen molar-refractivity contribution in [3.05, 3.63) is 0 Å². The van der Waals surface area contributed by atoms with Crippen LogP contribution in [0.1, 0.15) is 0 Å². The third-order valence-electron chi connectivity index (χ3n) is 1.85. The van der Waals surface area contributed by atoms with Gasteiger partial charge in [0.15, 0.2) is 0 Å². The molecule has 1 rings (SSSR count). The van der Waals surface area contributed by atoms with Crippen LogP contribution < -0.4 is 5.73 Å². The smallest absolute Gasteiger partial charge is 0.110 e. The first-order chi connectivity index (χ1) is 5.16. The molecule has 1 aliphatic heterocycles. The lowest BCUT2D eigenvalue weighted by atomic mass is 9.99. The Balaban J connectivity index is 2.52. The van der Waals surface area contributed by atoms with Crippen molar-refractivity contribution in [1.29, 1.82) is 0 Å². The third kappa shape index (κ3) is 1.69. The highest BCUT2D eigenvalue weighted by atomic mass is 16.5. The van der Waals surface area contributed by atoms with E-state index in [1.54, 1.807) is 0 Å². The van der Waals surface area contributed by atoms with Crippen LogP contribution in [0.15, 0.2) is 0 Å². The summed E-state index contributed by atoms with van der Waals surface area (Å²) in [5, 5.41) is 27.0. The standard InChI is InChI=1S/C6H13NO4/c7-3-2-11-4(1-8)6(10)5(3)9/h3-6,8-10H,1-2,7H2/t3-,4+,5+,6-/m0/s1. The van der Waals surface area contributed by atoms with Gasteiger partial charge >= 0.3 is 0 Å². The maximum Gasteiger partial charge on any atom is 0.110 e. The zero-order chi connectivity index (χ0) is 8.43. The summed E-state index contributed by atoms with van der Waals surface area (Å²) in [7, 11) is 0. The van der Waals surface area contributed by atoms with Crippen molar-refractivity contribution < 1.29 is 20.1 Å². The van der Waals surface area contributed by atoms with E-state index in [0.29, 0.717) is 0 Å². The summed E-state index contributed by atoms with van der Waals surface area (Å²) in [6.45, 7) is -0.131. The molecule has 1 heterocycles. The summed E-state index contributed by atoms with van der Waals surface area (Å²) in [6.07, 6.45) is -2.78. The van der Waals surface area contributed by atoms with Gasteiger partial charge < -0.3 is 25.8 Å². The van der Waals surface area contributed by atoms with Crippen molar-refractivity contribution in [2.75, 3.05) is 13.2 Å². The van der Waals surface area contributed by atoms with E-state index in [4.69, 9.17) is 15.6 Å². The van der Waals surface area contributed by atoms with Crippen molar-refractivity contribution in [3.63, 3.8) is 0 Å². The quantitative estimate of drug-likeness (QED) is 0.340. The van der Waals surface area contributed by atoms with Crippen LogP contribution >= 0.6 is 0 Å². The molecule has 0 aromatic rings. The molecular weight excluding hydrogens is 150 g/mol. The molecule has 66 valence electrons. The molecule has 0 amide bonds. The Morgan fingerprint density at radius 3 is 2.55 bits per heavy atom. The van der Waals surface area contributed by atoms with Gasteiger partial charge in [0.25, 0.3) is 0 Å². The Hall–Kier alpha value is -0.200. The van der Waals surface area contributed by atoms with Crippen LogP contribution in [-0.4, -0.2) is 52.9 Å². The fourth-order valence-electron chi connectivity index (χ4n) is 1.07. The summed E-state index contributed by atoms with van der Waals surface area (Å²) < 4.78 is 4.94. The second-order valence-electron chi connectivity index (χ2n) is 2.70. The number of aliphatic hydroxyl groups is 3. The number of aliphatic hydroxyl groups excluding tert-OH is 3. The van der Waals surface area contributed by atoms with Crippen LogP contribution in [0, 0.1) is 0 Å². The van der Waals surface area contributed by atoms with E-state index < -0.39 is 24.4 Å². The van der Waals surface area contributed by atoms with Gasteiger partial charge in [-0.2, -0.15) is 0 Å². The lowest BCUT2D eigenvalue weighted by Gasteiger charge is -2.34. The summed E-state index contributed by atoms with van der Waals surface area (Å²) in [6, 6.07) is -0.562. The third-order valence-corrected chi connectivity index (χ3v) is 1.85. The second-order valence-corrected chi connectivity index (χ2v) is 2.70. The van der Waals surface area contributed by atoms with Crippen molar-refractivity contribution in [2.45, 2.75) is 24.4 Å². The van der Waals surface area contributed by atoms with Gasteiger partial charge in [-0.05, 0) is 0 Å². The molecule has 0 unspecified atom stereocenters. The normalized spacial score (nSPS) is 45.8. The highest BCUT2D eigenvalue weighted by Gasteiger charge is 2.35. The van der Waals surface area contributed by atoms with E-state index in [-0.39, 0.29) is 13.2 Å². The summed E-state index contributed by atoms with van der Waals surface area (Å²) in [4.78, 5) is 0. The molecule has 11 heavy (non-hydrogen) atoms. The van der Waals surface area contributed by atoms with E-state index in [9.17, 15) is 10.2 Å². The maximum absolute atomic E-state index is 9.19. The van der Waals surface area contributed by atoms with Crippen molar-refractivity contribution >= 4 is 0 Å². The molecular formula is C6H13NO4. The van der Waals surface area contributed by atoms with E-state index in [2.05, 4.69) is 0 Å². The Morgan fingerprint density at radius 2 is 2.00 bits per heavy atom. The Labute approximate surface area is 64.4 Å². The lowest BCUT2D eigenvalue weighted by Crippen LogP contribution is -2.57. The van der Waals surface area contributed by atoms with Crippen LogP contribution in [0.3, 0.4) is 0 Å². The molecule has 0 radical (unpaired) electrons. The molecule has 5 N–H and O–H groups in total. The lowest BCUT2D eigenvalue weighted by molar-refractivity contribution is -0.156. The average Bonchev–Trinajstić information content (AvgIpc) is 2.01. The molecule has 4 atom stereocenters. The van der Waals surface area contributed by atoms with Gasteiger partial charge in [0.2, 0.25) is 0 Å². The average molecular weight is 163 g/mol. The molecule has 1 aliphatic rings. The Kier molecular flexibility index (Phi) is 2.80. The fraction of sp³-hybridized carbons (Fsp3) is 1.00. The molecule has 0 saturated carbocycles. The number of hydrogen-bond acceptors (Lipinski definition) is 5. The Morgan fingerprint density at radius 1 is 1.36 bits per heavy atom. The van der Waals surface area contributed by atoms with E-state index >= 15 is 0 Å². The van der Waals surface area contributed by atoms with E-state index in [0.717, 1.165) is 0 Å². The predicted octanol–water partition coefficient (Wildman–Crippen LogP) is -2.57. The molecule has 0 aliphatic carbocycles. The van der Waals surface area contributed by atoms with E-state index in [1.165, 1.54) is 0 Å². The molecule has 0 aromatic carbocycles. The predicted molar refractivity (Wildman–Crippen MR) is 36.8 cm³/mol. The van der Waals surface area contributed by atoms with E-state index in [1.807, 2.05) is 0 Å². The minimum absolute atomic E-state index is 0.170. The van der Waals surface area contributed by atoms with Crippen LogP contribution in [-0.2, 0) is 4.74 Å². The minimum Gasteiger partial charge on any atom is -0.394 e. The van der Waals surface area contributed by atoms with Crippen molar-refractivity contribution in [3.8, 4) is 0 Å². The molecule has 5 heteroatoms. The first-order valence-electron chi connectivity index (χ1n) is 3.51. The zero-order valence-corrected chi connectivity index (χ0v) is 6.05. The molecule has 0 bridgehead atoms. The van der Waals surface area contributed by atoms with Gasteiger partial charge in [0, 0.05) is 0 Å². The Bertz CT molecular complexity index is 130. The van der Waals surface area contributed by atoms with Crippen molar-refractivity contribution in [2.24, 2.45) is 5.73 Å². The molecule has 5 nitrogen and oxygen atoms in total. The molecule has 1 fully saturated rings. The van der Waals surface area contributed by atoms with Gasteiger partial charge in [0.05, 0.1) is 25.4 Å². The molecule has 0 aromatic heterocycles. The van der Waals surface area contributed by atoms with Crippen LogP contribution in [0.25, 0.3) is 0 Å². The van der Waals surface area contributed by atoms with Crippen LogP contribution in [0.5, 0.6) is 0 Å². The van der Waals surface area contributed by atoms with Gasteiger partial charge in [-0.15, -0.1) is 0 Å². The number of rotatable bonds is 1. The first kappa shape index (κ1) is 8.89. The number of nitrogens with two attached hydrogens (primary N) is 1. The number of ether oxygens (including phenoxy) is 1. The molecule has 0 spiro atoms. The fourth-order valence-corrected chi connectivity index (χ4v) is 1.07. The zero-order valence-electron chi connectivity index (χ0n) is 6.05.